The van der Waals surface area contributed by atoms with E-state index in [0.29, 0.717) is 12.2 Å². The van der Waals surface area contributed by atoms with E-state index < -0.39 is 0 Å². The molecule has 0 radical (unpaired) electrons. The zero-order valence-corrected chi connectivity index (χ0v) is 15.9. The van der Waals surface area contributed by atoms with Crippen LogP contribution in [0.4, 0.5) is 0 Å². The van der Waals surface area contributed by atoms with E-state index in [0.717, 1.165) is 23.6 Å². The molecule has 0 aliphatic carbocycles. The Hall–Kier alpha value is -2.59. The molecule has 2 aromatic carbocycles. The Morgan fingerprint density at radius 3 is 2.30 bits per heavy atom. The Morgan fingerprint density at radius 1 is 0.963 bits per heavy atom. The van der Waals surface area contributed by atoms with Crippen molar-refractivity contribution < 1.29 is 14.3 Å². The van der Waals surface area contributed by atoms with Gasteiger partial charge in [-0.3, -0.25) is 9.69 Å². The molecule has 0 N–H and O–H groups in total. The van der Waals surface area contributed by atoms with Crippen LogP contribution in [0.15, 0.2) is 54.6 Å². The maximum absolute atomic E-state index is 12.3. The molecule has 2 aromatic rings. The Morgan fingerprint density at radius 2 is 1.63 bits per heavy atom. The molecular formula is C23H27NO3. The number of piperidine rings is 1. The molecule has 142 valence electrons. The van der Waals surface area contributed by atoms with Crippen LogP contribution in [-0.2, 0) is 0 Å². The van der Waals surface area contributed by atoms with Crippen LogP contribution in [0.1, 0.15) is 35.2 Å². The number of benzene rings is 2. The summed E-state index contributed by atoms with van der Waals surface area (Å²) in [6, 6.07) is 15.0. The number of likely N-dealkylation sites (tertiary alicyclic amines) is 1. The molecule has 0 unspecified atom stereocenters. The quantitative estimate of drug-likeness (QED) is 0.511. The van der Waals surface area contributed by atoms with Crippen LogP contribution in [0, 0.1) is 0 Å². The second-order valence-corrected chi connectivity index (χ2v) is 6.75. The smallest absolute Gasteiger partial charge is 0.185 e. The maximum atomic E-state index is 12.3. The number of carbonyl (C=O) groups is 1. The van der Waals surface area contributed by atoms with Crippen molar-refractivity contribution >= 4 is 11.9 Å². The van der Waals surface area contributed by atoms with Gasteiger partial charge in [0.15, 0.2) is 5.78 Å². The summed E-state index contributed by atoms with van der Waals surface area (Å²) in [6.07, 6.45) is 7.33. The van der Waals surface area contributed by atoms with Crippen LogP contribution in [-0.4, -0.2) is 44.0 Å². The third kappa shape index (κ3) is 5.97. The van der Waals surface area contributed by atoms with E-state index in [1.165, 1.54) is 32.4 Å². The highest BCUT2D eigenvalue weighted by Crippen LogP contribution is 2.15. The number of ether oxygens (including phenoxy) is 2. The third-order valence-corrected chi connectivity index (χ3v) is 4.81. The fourth-order valence-electron chi connectivity index (χ4n) is 3.17. The fraction of sp³-hybridized carbons (Fsp3) is 0.348. The minimum atomic E-state index is -0.0225. The van der Waals surface area contributed by atoms with Crippen molar-refractivity contribution in [3.05, 3.63) is 65.7 Å². The topological polar surface area (TPSA) is 38.8 Å². The van der Waals surface area contributed by atoms with E-state index in [1.54, 1.807) is 13.2 Å². The van der Waals surface area contributed by atoms with Gasteiger partial charge in [0, 0.05) is 12.1 Å². The molecular weight excluding hydrogens is 338 g/mol. The average molecular weight is 365 g/mol. The number of allylic oxidation sites excluding steroid dienone is 1. The van der Waals surface area contributed by atoms with E-state index in [-0.39, 0.29) is 5.78 Å². The lowest BCUT2D eigenvalue weighted by Crippen LogP contribution is -2.33. The van der Waals surface area contributed by atoms with E-state index >= 15 is 0 Å². The summed E-state index contributed by atoms with van der Waals surface area (Å²) in [6.45, 7) is 4.00. The first-order chi connectivity index (χ1) is 13.2. The molecule has 1 fully saturated rings. The fourth-order valence-corrected chi connectivity index (χ4v) is 3.17. The normalized spacial score (nSPS) is 15.0. The Bertz CT molecular complexity index is 744. The molecule has 0 saturated carbocycles. The van der Waals surface area contributed by atoms with Crippen LogP contribution in [0.25, 0.3) is 6.08 Å². The van der Waals surface area contributed by atoms with E-state index in [9.17, 15) is 4.79 Å². The van der Waals surface area contributed by atoms with Crippen LogP contribution in [0.2, 0.25) is 0 Å². The lowest BCUT2D eigenvalue weighted by atomic mass is 10.1. The van der Waals surface area contributed by atoms with Gasteiger partial charge in [-0.15, -0.1) is 0 Å². The molecule has 0 spiro atoms. The van der Waals surface area contributed by atoms with Crippen molar-refractivity contribution in [1.82, 2.24) is 4.90 Å². The van der Waals surface area contributed by atoms with Crippen LogP contribution < -0.4 is 9.47 Å². The van der Waals surface area contributed by atoms with Gasteiger partial charge >= 0.3 is 0 Å². The predicted octanol–water partition coefficient (Wildman–Crippen LogP) is 4.46. The summed E-state index contributed by atoms with van der Waals surface area (Å²) >= 11 is 0. The highest BCUT2D eigenvalue weighted by atomic mass is 16.5. The molecule has 0 aromatic heterocycles. The first-order valence-corrected chi connectivity index (χ1v) is 9.56. The van der Waals surface area contributed by atoms with Gasteiger partial charge in [-0.1, -0.05) is 24.6 Å². The van der Waals surface area contributed by atoms with E-state index in [4.69, 9.17) is 9.47 Å². The number of hydrogen-bond donors (Lipinski definition) is 0. The zero-order chi connectivity index (χ0) is 18.9. The summed E-state index contributed by atoms with van der Waals surface area (Å²) in [5, 5.41) is 0. The SMILES string of the molecule is COc1ccc(/C=C/C(=O)c2ccc(OCCN3CCCCC3)cc2)cc1. The largest absolute Gasteiger partial charge is 0.497 e. The number of rotatable bonds is 8. The second kappa shape index (κ2) is 9.93. The summed E-state index contributed by atoms with van der Waals surface area (Å²) in [7, 11) is 1.63. The van der Waals surface area contributed by atoms with Crippen molar-refractivity contribution in [2.24, 2.45) is 0 Å². The maximum Gasteiger partial charge on any atom is 0.185 e. The molecule has 0 atom stereocenters. The highest BCUT2D eigenvalue weighted by molar-refractivity contribution is 6.06. The van der Waals surface area contributed by atoms with Crippen LogP contribution in [0.5, 0.6) is 11.5 Å². The number of nitrogens with zero attached hydrogens (tertiary/aromatic N) is 1. The number of hydrogen-bond acceptors (Lipinski definition) is 4. The monoisotopic (exact) mass is 365 g/mol. The first kappa shape index (κ1) is 19.2. The summed E-state index contributed by atoms with van der Waals surface area (Å²) in [4.78, 5) is 14.8. The molecule has 1 aliphatic heterocycles. The lowest BCUT2D eigenvalue weighted by molar-refractivity contribution is 0.104. The average Bonchev–Trinajstić information content (AvgIpc) is 2.73. The van der Waals surface area contributed by atoms with Gasteiger partial charge in [-0.25, -0.2) is 0 Å². The van der Waals surface area contributed by atoms with Crippen molar-refractivity contribution in [3.63, 3.8) is 0 Å². The molecule has 1 heterocycles. The van der Waals surface area contributed by atoms with Crippen molar-refractivity contribution in [3.8, 4) is 11.5 Å². The minimum Gasteiger partial charge on any atom is -0.497 e. The van der Waals surface area contributed by atoms with Gasteiger partial charge in [-0.2, -0.15) is 0 Å². The molecule has 4 heteroatoms. The lowest BCUT2D eigenvalue weighted by Gasteiger charge is -2.26. The Labute approximate surface area is 161 Å². The van der Waals surface area contributed by atoms with Gasteiger partial charge < -0.3 is 9.47 Å². The van der Waals surface area contributed by atoms with Gasteiger partial charge in [0.1, 0.15) is 18.1 Å². The standard InChI is InChI=1S/C23H27NO3/c1-26-21-10-5-19(6-11-21)7-14-23(25)20-8-12-22(13-9-20)27-18-17-24-15-3-2-4-16-24/h5-14H,2-4,15-18H2,1H3/b14-7+. The molecule has 3 rings (SSSR count). The second-order valence-electron chi connectivity index (χ2n) is 6.75. The molecule has 4 nitrogen and oxygen atoms in total. The van der Waals surface area contributed by atoms with Crippen LogP contribution >= 0.6 is 0 Å². The zero-order valence-electron chi connectivity index (χ0n) is 15.9. The summed E-state index contributed by atoms with van der Waals surface area (Å²) < 4.78 is 10.9. The molecule has 1 aliphatic rings. The number of carbonyl (C=O) groups excluding carboxylic acids is 1. The Balaban J connectivity index is 1.48. The third-order valence-electron chi connectivity index (χ3n) is 4.81. The summed E-state index contributed by atoms with van der Waals surface area (Å²) in [5.74, 6) is 1.59. The van der Waals surface area contributed by atoms with Crippen molar-refractivity contribution in [2.75, 3.05) is 33.4 Å². The first-order valence-electron chi connectivity index (χ1n) is 9.56. The summed E-state index contributed by atoms with van der Waals surface area (Å²) in [5.41, 5.74) is 1.62. The van der Waals surface area contributed by atoms with Gasteiger partial charge in [0.05, 0.1) is 7.11 Å². The van der Waals surface area contributed by atoms with Gasteiger partial charge in [-0.05, 0) is 74.0 Å². The predicted molar refractivity (Wildman–Crippen MR) is 109 cm³/mol. The van der Waals surface area contributed by atoms with Gasteiger partial charge in [0.2, 0.25) is 0 Å². The molecule has 0 amide bonds. The highest BCUT2D eigenvalue weighted by Gasteiger charge is 2.09. The van der Waals surface area contributed by atoms with Crippen molar-refractivity contribution in [1.29, 1.82) is 0 Å². The Kier molecular flexibility index (Phi) is 7.05. The van der Waals surface area contributed by atoms with E-state index in [2.05, 4.69) is 4.90 Å². The number of ketones is 1. The van der Waals surface area contributed by atoms with Crippen molar-refractivity contribution in [2.45, 2.75) is 19.3 Å². The minimum absolute atomic E-state index is 0.0225. The molecule has 27 heavy (non-hydrogen) atoms. The van der Waals surface area contributed by atoms with Crippen LogP contribution in [0.3, 0.4) is 0 Å². The molecule has 0 bridgehead atoms. The van der Waals surface area contributed by atoms with E-state index in [1.807, 2.05) is 54.6 Å². The van der Waals surface area contributed by atoms with Gasteiger partial charge in [0.25, 0.3) is 0 Å². The molecule has 1 saturated heterocycles. The number of methoxy groups -OCH3 is 1.